The number of hydrogen-bond acceptors (Lipinski definition) is 3. The second-order valence-electron chi connectivity index (χ2n) is 3.88. The smallest absolute Gasteiger partial charge is 0.308 e. The molecule has 0 amide bonds. The van der Waals surface area contributed by atoms with E-state index in [1.54, 1.807) is 0 Å². The third-order valence-corrected chi connectivity index (χ3v) is 4.54. The molecule has 2 rings (SSSR count). The Morgan fingerprint density at radius 1 is 1.38 bits per heavy atom. The van der Waals surface area contributed by atoms with Gasteiger partial charge in [0, 0.05) is 10.5 Å². The summed E-state index contributed by atoms with van der Waals surface area (Å²) >= 11 is 2.08. The quantitative estimate of drug-likeness (QED) is 0.639. The monoisotopic (exact) mass is 200 g/mol. The topological polar surface area (TPSA) is 26.3 Å². The van der Waals surface area contributed by atoms with Crippen molar-refractivity contribution in [2.45, 2.75) is 43.1 Å². The van der Waals surface area contributed by atoms with Crippen molar-refractivity contribution in [2.24, 2.45) is 5.92 Å². The lowest BCUT2D eigenvalue weighted by atomic mass is 10.00. The molecule has 2 heterocycles. The number of rotatable bonds is 2. The number of fused-ring (bicyclic) bond motifs is 2. The number of carbonyl (C=O) groups is 1. The molecule has 3 heteroatoms. The van der Waals surface area contributed by atoms with Crippen LogP contribution in [-0.2, 0) is 9.53 Å². The number of carbonyl (C=O) groups excluding carboxylic acids is 1. The molecule has 2 aliphatic rings. The maximum absolute atomic E-state index is 11.5. The maximum Gasteiger partial charge on any atom is 0.308 e. The molecule has 0 spiro atoms. The van der Waals surface area contributed by atoms with Crippen LogP contribution in [0, 0.1) is 5.92 Å². The highest BCUT2D eigenvalue weighted by molar-refractivity contribution is 8.00. The van der Waals surface area contributed by atoms with E-state index in [0.29, 0.717) is 6.61 Å². The Kier molecular flexibility index (Phi) is 2.82. The van der Waals surface area contributed by atoms with Crippen molar-refractivity contribution in [3.63, 3.8) is 0 Å². The molecule has 13 heavy (non-hydrogen) atoms. The van der Waals surface area contributed by atoms with Gasteiger partial charge >= 0.3 is 5.97 Å². The first kappa shape index (κ1) is 9.38. The molecule has 0 saturated carbocycles. The van der Waals surface area contributed by atoms with E-state index in [4.69, 9.17) is 4.74 Å². The third-order valence-electron chi connectivity index (χ3n) is 2.91. The molecule has 2 bridgehead atoms. The van der Waals surface area contributed by atoms with Crippen molar-refractivity contribution in [1.82, 2.24) is 0 Å². The van der Waals surface area contributed by atoms with E-state index in [1.807, 2.05) is 6.92 Å². The minimum absolute atomic E-state index is 0.0414. The summed E-state index contributed by atoms with van der Waals surface area (Å²) in [7, 11) is 0. The van der Waals surface area contributed by atoms with E-state index in [2.05, 4.69) is 11.8 Å². The molecule has 2 nitrogen and oxygen atoms in total. The number of hydrogen-bond donors (Lipinski definition) is 0. The standard InChI is InChI=1S/C10H16O2S/c1-2-12-10(11)7-5-8-3-4-9(6-7)13-8/h7-9H,2-6H2,1H3. The second-order valence-corrected chi connectivity index (χ2v) is 5.48. The van der Waals surface area contributed by atoms with E-state index in [-0.39, 0.29) is 11.9 Å². The zero-order valence-corrected chi connectivity index (χ0v) is 8.81. The van der Waals surface area contributed by atoms with Crippen molar-refractivity contribution < 1.29 is 9.53 Å². The van der Waals surface area contributed by atoms with Crippen LogP contribution < -0.4 is 0 Å². The molecule has 0 aromatic rings. The van der Waals surface area contributed by atoms with Crippen LogP contribution in [0.3, 0.4) is 0 Å². The fourth-order valence-corrected chi connectivity index (χ4v) is 4.09. The van der Waals surface area contributed by atoms with Gasteiger partial charge in [0.15, 0.2) is 0 Å². The van der Waals surface area contributed by atoms with Gasteiger partial charge in [-0.2, -0.15) is 11.8 Å². The molecular weight excluding hydrogens is 184 g/mol. The van der Waals surface area contributed by atoms with Crippen LogP contribution in [0.5, 0.6) is 0 Å². The van der Waals surface area contributed by atoms with Crippen molar-refractivity contribution >= 4 is 17.7 Å². The van der Waals surface area contributed by atoms with Crippen molar-refractivity contribution in [2.75, 3.05) is 6.61 Å². The highest BCUT2D eigenvalue weighted by Crippen LogP contribution is 2.46. The minimum atomic E-state index is 0.0414. The molecule has 0 aromatic carbocycles. The van der Waals surface area contributed by atoms with E-state index < -0.39 is 0 Å². The molecule has 2 unspecified atom stereocenters. The molecule has 0 radical (unpaired) electrons. The number of ether oxygens (including phenoxy) is 1. The summed E-state index contributed by atoms with van der Waals surface area (Å²) in [4.78, 5) is 11.5. The van der Waals surface area contributed by atoms with Crippen LogP contribution in [0.1, 0.15) is 32.6 Å². The first-order chi connectivity index (χ1) is 6.29. The number of esters is 1. The summed E-state index contributed by atoms with van der Waals surface area (Å²) in [6, 6.07) is 0. The van der Waals surface area contributed by atoms with Gasteiger partial charge < -0.3 is 4.74 Å². The van der Waals surface area contributed by atoms with Gasteiger partial charge in [-0.05, 0) is 32.6 Å². The first-order valence-corrected chi connectivity index (χ1v) is 6.06. The molecule has 0 aliphatic carbocycles. The van der Waals surface area contributed by atoms with Gasteiger partial charge in [0.1, 0.15) is 0 Å². The Bertz CT molecular complexity index is 193. The zero-order chi connectivity index (χ0) is 9.26. The summed E-state index contributed by atoms with van der Waals surface area (Å²) in [5, 5.41) is 1.49. The molecule has 2 saturated heterocycles. The van der Waals surface area contributed by atoms with Gasteiger partial charge in [0.2, 0.25) is 0 Å². The summed E-state index contributed by atoms with van der Waals surface area (Å²) in [6.07, 6.45) is 4.73. The molecule has 74 valence electrons. The molecule has 2 atom stereocenters. The minimum Gasteiger partial charge on any atom is -0.466 e. The molecule has 2 fully saturated rings. The Labute approximate surface area is 83.4 Å². The summed E-state index contributed by atoms with van der Waals surface area (Å²) < 4.78 is 5.06. The molecule has 2 aliphatic heterocycles. The normalized spacial score (nSPS) is 37.5. The Morgan fingerprint density at radius 3 is 2.54 bits per heavy atom. The fourth-order valence-electron chi connectivity index (χ4n) is 2.31. The van der Waals surface area contributed by atoms with Crippen LogP contribution in [0.25, 0.3) is 0 Å². The van der Waals surface area contributed by atoms with Gasteiger partial charge in [-0.15, -0.1) is 0 Å². The Balaban J connectivity index is 1.91. The predicted octanol–water partition coefficient (Wildman–Crippen LogP) is 2.22. The summed E-state index contributed by atoms with van der Waals surface area (Å²) in [6.45, 7) is 2.40. The molecule has 0 N–H and O–H groups in total. The van der Waals surface area contributed by atoms with E-state index in [0.717, 1.165) is 23.3 Å². The van der Waals surface area contributed by atoms with Crippen LogP contribution >= 0.6 is 11.8 Å². The first-order valence-electron chi connectivity index (χ1n) is 5.11. The number of thioether (sulfide) groups is 1. The van der Waals surface area contributed by atoms with Crippen LogP contribution in [0.2, 0.25) is 0 Å². The lowest BCUT2D eigenvalue weighted by molar-refractivity contribution is -0.148. The highest BCUT2D eigenvalue weighted by atomic mass is 32.2. The average molecular weight is 200 g/mol. The highest BCUT2D eigenvalue weighted by Gasteiger charge is 2.38. The van der Waals surface area contributed by atoms with E-state index >= 15 is 0 Å². The molecule has 0 aromatic heterocycles. The Hall–Kier alpha value is -0.180. The maximum atomic E-state index is 11.5. The largest absolute Gasteiger partial charge is 0.466 e. The Morgan fingerprint density at radius 2 is 2.00 bits per heavy atom. The van der Waals surface area contributed by atoms with E-state index in [1.165, 1.54) is 12.8 Å². The van der Waals surface area contributed by atoms with Gasteiger partial charge in [0.25, 0.3) is 0 Å². The molecular formula is C10H16O2S. The van der Waals surface area contributed by atoms with Crippen LogP contribution in [0.15, 0.2) is 0 Å². The SMILES string of the molecule is CCOC(=O)C1CC2CCC(C1)S2. The fraction of sp³-hybridized carbons (Fsp3) is 0.900. The van der Waals surface area contributed by atoms with Gasteiger partial charge in [-0.1, -0.05) is 0 Å². The second kappa shape index (κ2) is 3.91. The van der Waals surface area contributed by atoms with Gasteiger partial charge in [-0.3, -0.25) is 4.79 Å². The van der Waals surface area contributed by atoms with E-state index in [9.17, 15) is 4.79 Å². The van der Waals surface area contributed by atoms with Crippen molar-refractivity contribution in [1.29, 1.82) is 0 Å². The lowest BCUT2D eigenvalue weighted by Crippen LogP contribution is -2.26. The zero-order valence-electron chi connectivity index (χ0n) is 7.99. The van der Waals surface area contributed by atoms with Crippen LogP contribution in [-0.4, -0.2) is 23.1 Å². The summed E-state index contributed by atoms with van der Waals surface area (Å²) in [5.41, 5.74) is 0. The average Bonchev–Trinajstić information content (AvgIpc) is 2.46. The predicted molar refractivity (Wildman–Crippen MR) is 53.8 cm³/mol. The van der Waals surface area contributed by atoms with Gasteiger partial charge in [-0.25, -0.2) is 0 Å². The van der Waals surface area contributed by atoms with Crippen molar-refractivity contribution in [3.8, 4) is 0 Å². The van der Waals surface area contributed by atoms with Crippen LogP contribution in [0.4, 0.5) is 0 Å². The third kappa shape index (κ3) is 2.01. The van der Waals surface area contributed by atoms with Gasteiger partial charge in [0.05, 0.1) is 12.5 Å². The summed E-state index contributed by atoms with van der Waals surface area (Å²) in [5.74, 6) is 0.249. The van der Waals surface area contributed by atoms with Crippen molar-refractivity contribution in [3.05, 3.63) is 0 Å². The lowest BCUT2D eigenvalue weighted by Gasteiger charge is -2.25.